The number of fused-ring (bicyclic) bond motifs is 1. The van der Waals surface area contributed by atoms with E-state index in [-0.39, 0.29) is 0 Å². The molecule has 0 aromatic heterocycles. The van der Waals surface area contributed by atoms with Gasteiger partial charge in [-0.15, -0.1) is 11.8 Å². The molecule has 0 aromatic rings. The van der Waals surface area contributed by atoms with Crippen molar-refractivity contribution < 1.29 is 19.8 Å². The fraction of sp³-hybridized carbons (Fsp3) is 0.300. The highest BCUT2D eigenvalue weighted by atomic mass is 32.2. The molecular weight excluding hydrogens is 244 g/mol. The molecule has 0 unspecified atom stereocenters. The molecule has 0 aromatic carbocycles. The van der Waals surface area contributed by atoms with Gasteiger partial charge in [-0.1, -0.05) is 0 Å². The average Bonchev–Trinajstić information content (AvgIpc) is 2.75. The number of carboxylic acid groups (broad SMARTS) is 2. The summed E-state index contributed by atoms with van der Waals surface area (Å²) in [5, 5.41) is 17.8. The van der Waals surface area contributed by atoms with Gasteiger partial charge in [0.05, 0.1) is 12.3 Å². The van der Waals surface area contributed by atoms with Crippen LogP contribution in [-0.4, -0.2) is 51.7 Å². The number of amidine groups is 1. The first kappa shape index (κ1) is 13.3. The third kappa shape index (κ3) is 5.21. The number of carboxylic acids is 2. The highest BCUT2D eigenvalue weighted by molar-refractivity contribution is 8.02. The largest absolute Gasteiger partial charge is 0.478 e. The number of hydrogen-bond donors (Lipinski definition) is 2. The van der Waals surface area contributed by atoms with Crippen LogP contribution in [0.25, 0.3) is 0 Å². The molecule has 92 valence electrons. The van der Waals surface area contributed by atoms with Crippen LogP contribution in [0.4, 0.5) is 0 Å². The summed E-state index contributed by atoms with van der Waals surface area (Å²) in [5.41, 5.74) is 0. The lowest BCUT2D eigenvalue weighted by Gasteiger charge is -2.17. The first-order valence-electron chi connectivity index (χ1n) is 4.82. The molecule has 2 N–H and O–H groups in total. The first-order chi connectivity index (χ1) is 8.09. The van der Waals surface area contributed by atoms with Crippen LogP contribution in [-0.2, 0) is 9.59 Å². The summed E-state index contributed by atoms with van der Waals surface area (Å²) in [6.07, 6.45) is 3.23. The molecule has 0 aliphatic carbocycles. The lowest BCUT2D eigenvalue weighted by Crippen LogP contribution is -2.25. The van der Waals surface area contributed by atoms with E-state index in [2.05, 4.69) is 21.5 Å². The minimum atomic E-state index is -1.26. The monoisotopic (exact) mass is 256 g/mol. The molecule has 7 heteroatoms. The van der Waals surface area contributed by atoms with Crippen molar-refractivity contribution in [2.24, 2.45) is 4.99 Å². The van der Waals surface area contributed by atoms with Crippen LogP contribution in [0.1, 0.15) is 0 Å². The molecule has 2 aliphatic heterocycles. The molecule has 0 saturated heterocycles. The van der Waals surface area contributed by atoms with E-state index in [0.717, 1.165) is 18.8 Å². The third-order valence-corrected chi connectivity index (χ3v) is 2.62. The molecular formula is C10H12N2O4S. The molecule has 0 spiro atoms. The van der Waals surface area contributed by atoms with E-state index in [0.29, 0.717) is 12.2 Å². The van der Waals surface area contributed by atoms with Crippen LogP contribution in [0.5, 0.6) is 0 Å². The molecule has 2 heterocycles. The Balaban J connectivity index is 0.000000172. The second kappa shape index (κ2) is 6.74. The molecule has 17 heavy (non-hydrogen) atoms. The zero-order valence-electron chi connectivity index (χ0n) is 8.94. The maximum atomic E-state index is 9.55. The lowest BCUT2D eigenvalue weighted by molar-refractivity contribution is -0.134. The summed E-state index contributed by atoms with van der Waals surface area (Å²) in [7, 11) is 0. The number of aliphatic imine (C=N–C) groups is 1. The standard InChI is InChI=1S/C6H8N2S.C4H4O4/c1-2-8-3-4-9-5-6(8)7-1;5-3(6)1-2-4(7)8/h3-4H,1-2,5H2;1-2H,(H,5,6)(H,7,8). The number of rotatable bonds is 2. The van der Waals surface area contributed by atoms with Gasteiger partial charge >= 0.3 is 11.9 Å². The Morgan fingerprint density at radius 3 is 2.53 bits per heavy atom. The molecule has 0 atom stereocenters. The zero-order valence-corrected chi connectivity index (χ0v) is 9.76. The van der Waals surface area contributed by atoms with Crippen LogP contribution in [0.15, 0.2) is 28.8 Å². The molecule has 2 rings (SSSR count). The number of thioether (sulfide) groups is 1. The van der Waals surface area contributed by atoms with Crippen LogP contribution in [0.3, 0.4) is 0 Å². The summed E-state index contributed by atoms with van der Waals surface area (Å²) in [5.74, 6) is -0.196. The summed E-state index contributed by atoms with van der Waals surface area (Å²) in [6, 6.07) is 0. The number of hydrogen-bond acceptors (Lipinski definition) is 5. The van der Waals surface area contributed by atoms with Crippen LogP contribution in [0, 0.1) is 0 Å². The predicted molar refractivity (Wildman–Crippen MR) is 65.0 cm³/mol. The van der Waals surface area contributed by atoms with Gasteiger partial charge in [-0.2, -0.15) is 0 Å². The SMILES string of the molecule is C1=CN2CCN=C2CS1.O=C(O)C=CC(=O)O. The lowest BCUT2D eigenvalue weighted by atomic mass is 10.5. The number of nitrogens with zero attached hydrogens (tertiary/aromatic N) is 2. The van der Waals surface area contributed by atoms with Gasteiger partial charge in [-0.05, 0) is 5.41 Å². The van der Waals surface area contributed by atoms with E-state index in [1.807, 2.05) is 11.8 Å². The van der Waals surface area contributed by atoms with Gasteiger partial charge in [0.15, 0.2) is 0 Å². The predicted octanol–water partition coefficient (Wildman–Crippen LogP) is 0.630. The molecule has 0 bridgehead atoms. The maximum Gasteiger partial charge on any atom is 0.328 e. The van der Waals surface area contributed by atoms with Gasteiger partial charge in [0.25, 0.3) is 0 Å². The van der Waals surface area contributed by atoms with Crippen molar-refractivity contribution in [3.8, 4) is 0 Å². The normalized spacial score (nSPS) is 17.2. The minimum absolute atomic E-state index is 0.558. The average molecular weight is 256 g/mol. The van der Waals surface area contributed by atoms with E-state index in [1.54, 1.807) is 0 Å². The van der Waals surface area contributed by atoms with Gasteiger partial charge in [-0.3, -0.25) is 4.99 Å². The highest BCUT2D eigenvalue weighted by Crippen LogP contribution is 2.16. The molecule has 0 fully saturated rings. The van der Waals surface area contributed by atoms with Crippen LogP contribution >= 0.6 is 11.8 Å². The molecule has 0 saturated carbocycles. The van der Waals surface area contributed by atoms with Gasteiger partial charge < -0.3 is 15.1 Å². The molecule has 0 amide bonds. The number of carbonyl (C=O) groups is 2. The Hall–Kier alpha value is -1.76. The second-order valence-electron chi connectivity index (χ2n) is 3.10. The van der Waals surface area contributed by atoms with Gasteiger partial charge in [0, 0.05) is 24.9 Å². The Morgan fingerprint density at radius 1 is 1.35 bits per heavy atom. The van der Waals surface area contributed by atoms with E-state index >= 15 is 0 Å². The Bertz CT molecular complexity index is 374. The van der Waals surface area contributed by atoms with Crippen molar-refractivity contribution in [2.75, 3.05) is 18.8 Å². The van der Waals surface area contributed by atoms with Crippen molar-refractivity contribution in [2.45, 2.75) is 0 Å². The van der Waals surface area contributed by atoms with E-state index in [4.69, 9.17) is 10.2 Å². The Labute approximate surface area is 102 Å². The minimum Gasteiger partial charge on any atom is -0.478 e. The van der Waals surface area contributed by atoms with E-state index < -0.39 is 11.9 Å². The van der Waals surface area contributed by atoms with Crippen molar-refractivity contribution >= 4 is 29.5 Å². The molecule has 0 radical (unpaired) electrons. The summed E-state index contributed by atoms with van der Waals surface area (Å²) in [6.45, 7) is 2.08. The Kier molecular flexibility index (Phi) is 5.28. The summed E-state index contributed by atoms with van der Waals surface area (Å²) < 4.78 is 0. The number of aliphatic carboxylic acids is 2. The first-order valence-corrected chi connectivity index (χ1v) is 5.86. The van der Waals surface area contributed by atoms with Crippen molar-refractivity contribution in [1.82, 2.24) is 4.90 Å². The topological polar surface area (TPSA) is 90.2 Å². The third-order valence-electron chi connectivity index (χ3n) is 1.88. The van der Waals surface area contributed by atoms with Crippen molar-refractivity contribution in [1.29, 1.82) is 0 Å². The molecule has 6 nitrogen and oxygen atoms in total. The second-order valence-corrected chi connectivity index (χ2v) is 3.99. The summed E-state index contributed by atoms with van der Waals surface area (Å²) in [4.78, 5) is 25.7. The highest BCUT2D eigenvalue weighted by Gasteiger charge is 2.15. The van der Waals surface area contributed by atoms with Crippen molar-refractivity contribution in [3.63, 3.8) is 0 Å². The quantitative estimate of drug-likeness (QED) is 0.704. The zero-order chi connectivity index (χ0) is 12.7. The van der Waals surface area contributed by atoms with E-state index in [1.165, 1.54) is 5.84 Å². The Morgan fingerprint density at radius 2 is 2.00 bits per heavy atom. The van der Waals surface area contributed by atoms with E-state index in [9.17, 15) is 9.59 Å². The van der Waals surface area contributed by atoms with Crippen LogP contribution < -0.4 is 0 Å². The van der Waals surface area contributed by atoms with Crippen LogP contribution in [0.2, 0.25) is 0 Å². The fourth-order valence-corrected chi connectivity index (χ4v) is 1.91. The van der Waals surface area contributed by atoms with Crippen molar-refractivity contribution in [3.05, 3.63) is 23.8 Å². The summed E-state index contributed by atoms with van der Waals surface area (Å²) >= 11 is 1.82. The van der Waals surface area contributed by atoms with Gasteiger partial charge in [0.2, 0.25) is 0 Å². The van der Waals surface area contributed by atoms with Gasteiger partial charge in [0.1, 0.15) is 5.84 Å². The molecule has 2 aliphatic rings. The fourth-order valence-electron chi connectivity index (χ4n) is 1.18. The maximum absolute atomic E-state index is 9.55. The smallest absolute Gasteiger partial charge is 0.328 e. The van der Waals surface area contributed by atoms with Gasteiger partial charge in [-0.25, -0.2) is 9.59 Å².